The smallest absolute Gasteiger partial charge is 0.293 e. The first-order valence-electron chi connectivity index (χ1n) is 7.71. The molecule has 0 aliphatic heterocycles. The van der Waals surface area contributed by atoms with Crippen LogP contribution in [0.1, 0.15) is 41.3 Å². The normalized spacial score (nSPS) is 13.1. The maximum Gasteiger partial charge on any atom is 0.293 e. The van der Waals surface area contributed by atoms with Crippen molar-refractivity contribution in [3.8, 4) is 0 Å². The Bertz CT molecular complexity index is 760. The Morgan fingerprint density at radius 1 is 1.21 bits per heavy atom. The average molecular weight is 327 g/mol. The summed E-state index contributed by atoms with van der Waals surface area (Å²) in [5.41, 5.74) is 7.31. The minimum atomic E-state index is -0.574. The fourth-order valence-corrected chi connectivity index (χ4v) is 2.57. The molecule has 0 spiro atoms. The van der Waals surface area contributed by atoms with Crippen molar-refractivity contribution in [2.24, 2.45) is 0 Å². The van der Waals surface area contributed by atoms with Crippen LogP contribution in [-0.2, 0) is 0 Å². The van der Waals surface area contributed by atoms with Gasteiger partial charge in [0.1, 0.15) is 5.69 Å². The molecule has 0 saturated heterocycles. The van der Waals surface area contributed by atoms with Crippen molar-refractivity contribution in [1.82, 2.24) is 5.32 Å². The summed E-state index contributed by atoms with van der Waals surface area (Å²) in [6, 6.07) is 12.6. The molecular formula is C18H21N3O3. The minimum absolute atomic E-state index is 0.0937. The second-order valence-electron chi connectivity index (χ2n) is 5.96. The van der Waals surface area contributed by atoms with Gasteiger partial charge in [-0.25, -0.2) is 0 Å². The number of nitrogens with zero attached hydrogens (tertiary/aromatic N) is 1. The molecule has 2 rings (SSSR count). The van der Waals surface area contributed by atoms with Crippen LogP contribution in [0.2, 0.25) is 0 Å². The molecule has 126 valence electrons. The second-order valence-corrected chi connectivity index (χ2v) is 5.96. The lowest BCUT2D eigenvalue weighted by molar-refractivity contribution is -0.384. The van der Waals surface area contributed by atoms with E-state index >= 15 is 0 Å². The van der Waals surface area contributed by atoms with Gasteiger partial charge in [0, 0.05) is 18.0 Å². The molecule has 0 radical (unpaired) electrons. The van der Waals surface area contributed by atoms with Crippen molar-refractivity contribution >= 4 is 17.3 Å². The van der Waals surface area contributed by atoms with Crippen molar-refractivity contribution in [1.29, 1.82) is 0 Å². The van der Waals surface area contributed by atoms with Crippen LogP contribution in [0.4, 0.5) is 11.4 Å². The fraction of sp³-hybridized carbons (Fsp3) is 0.278. The van der Waals surface area contributed by atoms with E-state index in [2.05, 4.69) is 5.32 Å². The Balaban J connectivity index is 2.22. The van der Waals surface area contributed by atoms with Gasteiger partial charge in [-0.05, 0) is 31.0 Å². The Kier molecular flexibility index (Phi) is 5.18. The molecule has 0 aliphatic rings. The molecule has 0 saturated carbocycles. The molecule has 1 amide bonds. The van der Waals surface area contributed by atoms with Gasteiger partial charge in [-0.2, -0.15) is 0 Å². The van der Waals surface area contributed by atoms with Crippen molar-refractivity contribution in [2.75, 3.05) is 5.73 Å². The lowest BCUT2D eigenvalue weighted by Gasteiger charge is -2.22. The zero-order valence-corrected chi connectivity index (χ0v) is 13.9. The molecule has 24 heavy (non-hydrogen) atoms. The number of amides is 1. The molecule has 2 aromatic rings. The summed E-state index contributed by atoms with van der Waals surface area (Å²) in [6.07, 6.45) is 0. The van der Waals surface area contributed by atoms with Crippen molar-refractivity contribution in [2.45, 2.75) is 32.7 Å². The number of aryl methyl sites for hydroxylation is 1. The lowest BCUT2D eigenvalue weighted by Crippen LogP contribution is -2.36. The summed E-state index contributed by atoms with van der Waals surface area (Å²) in [5.74, 6) is -0.314. The first-order valence-corrected chi connectivity index (χ1v) is 7.71. The third kappa shape index (κ3) is 3.71. The summed E-state index contributed by atoms with van der Waals surface area (Å²) >= 11 is 0. The van der Waals surface area contributed by atoms with E-state index < -0.39 is 10.8 Å². The van der Waals surface area contributed by atoms with Gasteiger partial charge in [0.2, 0.25) is 0 Å². The van der Waals surface area contributed by atoms with E-state index in [0.717, 1.165) is 5.56 Å². The van der Waals surface area contributed by atoms with Gasteiger partial charge >= 0.3 is 0 Å². The Labute approximate surface area is 140 Å². The highest BCUT2D eigenvalue weighted by atomic mass is 16.6. The summed E-state index contributed by atoms with van der Waals surface area (Å²) in [7, 11) is 0. The Hall–Kier alpha value is -2.89. The monoisotopic (exact) mass is 327 g/mol. The third-order valence-electron chi connectivity index (χ3n) is 4.18. The predicted octanol–water partition coefficient (Wildman–Crippen LogP) is 3.41. The summed E-state index contributed by atoms with van der Waals surface area (Å²) in [6.45, 7) is 5.61. The molecule has 0 heterocycles. The van der Waals surface area contributed by atoms with E-state index in [1.54, 1.807) is 13.0 Å². The van der Waals surface area contributed by atoms with Gasteiger partial charge in [0.15, 0.2) is 0 Å². The molecule has 0 fully saturated rings. The van der Waals surface area contributed by atoms with Gasteiger partial charge < -0.3 is 11.1 Å². The zero-order valence-electron chi connectivity index (χ0n) is 13.9. The zero-order chi connectivity index (χ0) is 17.9. The number of anilines is 1. The molecule has 2 atom stereocenters. The number of nitro groups is 1. The number of rotatable bonds is 5. The van der Waals surface area contributed by atoms with Crippen LogP contribution in [0.5, 0.6) is 0 Å². The highest BCUT2D eigenvalue weighted by Crippen LogP contribution is 2.27. The maximum atomic E-state index is 12.5. The first kappa shape index (κ1) is 17.5. The minimum Gasteiger partial charge on any atom is -0.393 e. The number of hydrogen-bond donors (Lipinski definition) is 2. The van der Waals surface area contributed by atoms with E-state index in [4.69, 9.17) is 5.73 Å². The topological polar surface area (TPSA) is 98.3 Å². The summed E-state index contributed by atoms with van der Waals surface area (Å²) < 4.78 is 0. The second kappa shape index (κ2) is 7.12. The van der Waals surface area contributed by atoms with Crippen molar-refractivity contribution in [3.05, 3.63) is 69.3 Å². The molecule has 0 aliphatic carbocycles. The number of carbonyl (C=O) groups excluding carboxylic acids is 1. The van der Waals surface area contributed by atoms with Gasteiger partial charge in [0.05, 0.1) is 10.5 Å². The SMILES string of the molecule is Cc1cc(C(=O)N[C@@H](C)[C@@H](C)c2ccccc2)c(N)c([N+](=O)[O-])c1. The number of benzene rings is 2. The maximum absolute atomic E-state index is 12.5. The Morgan fingerprint density at radius 3 is 2.42 bits per heavy atom. The molecule has 3 N–H and O–H groups in total. The van der Waals surface area contributed by atoms with Crippen molar-refractivity contribution in [3.63, 3.8) is 0 Å². The van der Waals surface area contributed by atoms with Gasteiger partial charge in [0.25, 0.3) is 11.6 Å². The van der Waals surface area contributed by atoms with Crippen LogP contribution < -0.4 is 11.1 Å². The molecule has 2 aromatic carbocycles. The highest BCUT2D eigenvalue weighted by Gasteiger charge is 2.23. The fourth-order valence-electron chi connectivity index (χ4n) is 2.57. The lowest BCUT2D eigenvalue weighted by atomic mass is 9.94. The van der Waals surface area contributed by atoms with Crippen LogP contribution in [0.15, 0.2) is 42.5 Å². The standard InChI is InChI=1S/C18H21N3O3/c1-11-9-15(17(19)16(10-11)21(23)24)18(22)20-13(3)12(2)14-7-5-4-6-8-14/h4-10,12-13H,19H2,1-3H3,(H,20,22)/t12-,13+/m1/s1. The number of nitrogen functional groups attached to an aromatic ring is 1. The van der Waals surface area contributed by atoms with Crippen molar-refractivity contribution < 1.29 is 9.72 Å². The number of nitrogens with two attached hydrogens (primary N) is 1. The number of nitrogens with one attached hydrogen (secondary N) is 1. The third-order valence-corrected chi connectivity index (χ3v) is 4.18. The summed E-state index contributed by atoms with van der Waals surface area (Å²) in [5, 5.41) is 13.9. The first-order chi connectivity index (χ1) is 11.3. The number of carbonyl (C=O) groups is 1. The average Bonchev–Trinajstić information content (AvgIpc) is 2.56. The van der Waals surface area contributed by atoms with E-state index in [9.17, 15) is 14.9 Å². The molecule has 6 nitrogen and oxygen atoms in total. The number of nitro benzene ring substituents is 1. The van der Waals surface area contributed by atoms with Gasteiger partial charge in [-0.15, -0.1) is 0 Å². The van der Waals surface area contributed by atoms with Gasteiger partial charge in [-0.3, -0.25) is 14.9 Å². The quantitative estimate of drug-likeness (QED) is 0.499. The largest absolute Gasteiger partial charge is 0.393 e. The molecular weight excluding hydrogens is 306 g/mol. The predicted molar refractivity (Wildman–Crippen MR) is 94.0 cm³/mol. The van der Waals surface area contributed by atoms with E-state index in [0.29, 0.717) is 5.56 Å². The number of hydrogen-bond acceptors (Lipinski definition) is 4. The summed E-state index contributed by atoms with van der Waals surface area (Å²) in [4.78, 5) is 23.0. The van der Waals surface area contributed by atoms with Crippen LogP contribution in [0.25, 0.3) is 0 Å². The van der Waals surface area contributed by atoms with E-state index in [-0.39, 0.29) is 28.9 Å². The van der Waals surface area contributed by atoms with E-state index in [1.807, 2.05) is 44.2 Å². The Morgan fingerprint density at radius 2 is 1.83 bits per heavy atom. The molecule has 0 bridgehead atoms. The molecule has 0 aromatic heterocycles. The van der Waals surface area contributed by atoms with Crippen LogP contribution in [0.3, 0.4) is 0 Å². The van der Waals surface area contributed by atoms with E-state index in [1.165, 1.54) is 6.07 Å². The van der Waals surface area contributed by atoms with Crippen LogP contribution in [-0.4, -0.2) is 16.9 Å². The van der Waals surface area contributed by atoms with Crippen LogP contribution in [0, 0.1) is 17.0 Å². The molecule has 0 unspecified atom stereocenters. The van der Waals surface area contributed by atoms with Gasteiger partial charge in [-0.1, -0.05) is 37.3 Å². The molecule has 6 heteroatoms. The van der Waals surface area contributed by atoms with Crippen LogP contribution >= 0.6 is 0 Å². The highest BCUT2D eigenvalue weighted by molar-refractivity contribution is 6.01.